The van der Waals surface area contributed by atoms with E-state index in [2.05, 4.69) is 37.3 Å². The number of hydrogen-bond donors (Lipinski definition) is 0. The fourth-order valence-electron chi connectivity index (χ4n) is 1.17. The zero-order chi connectivity index (χ0) is 15.7. The SMILES string of the molecule is FS(F)(F)(F)(Cl)c1cccc(Br)c1S(F)(F)(F)(F)Cl. The average Bonchev–Trinajstić information content (AvgIpc) is 1.93. The fraction of sp³-hybridized carbons (Fsp3) is 0. The van der Waals surface area contributed by atoms with Gasteiger partial charge in [-0.1, -0.05) is 6.07 Å². The van der Waals surface area contributed by atoms with E-state index in [1.165, 1.54) is 0 Å². The summed E-state index contributed by atoms with van der Waals surface area (Å²) in [5, 5.41) is 0. The third kappa shape index (κ3) is 4.19. The first-order valence-corrected chi connectivity index (χ1v) is 10.4. The summed E-state index contributed by atoms with van der Waals surface area (Å²) in [7, 11) is -12.0. The lowest BCUT2D eigenvalue weighted by atomic mass is 10.4. The van der Waals surface area contributed by atoms with E-state index in [1.54, 1.807) is 0 Å². The number of benzene rings is 1. The van der Waals surface area contributed by atoms with Crippen LogP contribution in [-0.2, 0) is 0 Å². The van der Waals surface area contributed by atoms with Crippen molar-refractivity contribution in [2.45, 2.75) is 9.79 Å². The Morgan fingerprint density at radius 1 is 0.789 bits per heavy atom. The highest BCUT2D eigenvalue weighted by atomic mass is 79.9. The minimum Gasteiger partial charge on any atom is -0.107 e. The van der Waals surface area contributed by atoms with E-state index < -0.39 is 32.4 Å². The molecule has 0 spiro atoms. The van der Waals surface area contributed by atoms with Crippen molar-refractivity contribution in [3.8, 4) is 0 Å². The molecule has 0 fully saturated rings. The van der Waals surface area contributed by atoms with Crippen LogP contribution < -0.4 is 0 Å². The topological polar surface area (TPSA) is 0 Å². The number of halogens is 11. The summed E-state index contributed by atoms with van der Waals surface area (Å²) in [6, 6.07) is 0.527. The van der Waals surface area contributed by atoms with E-state index in [1.807, 2.05) is 0 Å². The standard InChI is InChI=1S/C6H3BrCl2F8S2/c7-4-2-1-3-5(18(8,10,11,12)13)6(4)19(9,14,15,16)17/h1-3H. The lowest BCUT2D eigenvalue weighted by Gasteiger charge is -2.50. The second kappa shape index (κ2) is 3.11. The van der Waals surface area contributed by atoms with Gasteiger partial charge in [0.2, 0.25) is 0 Å². The average molecular weight is 442 g/mol. The molecule has 1 aromatic carbocycles. The Hall–Kier alpha value is 0.420. The van der Waals surface area contributed by atoms with Gasteiger partial charge in [-0.05, 0) is 28.1 Å². The van der Waals surface area contributed by atoms with Gasteiger partial charge < -0.3 is 0 Å². The summed E-state index contributed by atoms with van der Waals surface area (Å²) < 4.78 is 103. The molecule has 0 aliphatic heterocycles. The van der Waals surface area contributed by atoms with E-state index in [0.29, 0.717) is 12.1 Å². The molecule has 0 N–H and O–H groups in total. The van der Waals surface area contributed by atoms with Crippen LogP contribution in [0.3, 0.4) is 0 Å². The minimum atomic E-state index is -9.84. The van der Waals surface area contributed by atoms with Crippen LogP contribution in [0.2, 0.25) is 0 Å². The van der Waals surface area contributed by atoms with Crippen molar-refractivity contribution in [2.24, 2.45) is 0 Å². The monoisotopic (exact) mass is 440 g/mol. The molecule has 1 aromatic rings. The maximum atomic E-state index is 13.0. The van der Waals surface area contributed by atoms with Gasteiger partial charge in [0.25, 0.3) is 18.1 Å². The van der Waals surface area contributed by atoms with Gasteiger partial charge in [0, 0.05) is 25.8 Å². The van der Waals surface area contributed by atoms with Gasteiger partial charge in [0.1, 0.15) is 9.79 Å². The van der Waals surface area contributed by atoms with Crippen LogP contribution in [-0.4, -0.2) is 0 Å². The molecule has 0 radical (unpaired) electrons. The molecule has 0 saturated carbocycles. The molecule has 0 aromatic heterocycles. The molecule has 13 heteroatoms. The molecule has 116 valence electrons. The van der Waals surface area contributed by atoms with Crippen LogP contribution in [0.15, 0.2) is 32.5 Å². The van der Waals surface area contributed by atoms with Crippen LogP contribution in [0, 0.1) is 0 Å². The second-order valence-electron chi connectivity index (χ2n) is 3.51. The highest BCUT2D eigenvalue weighted by molar-refractivity contribution is 9.10. The smallest absolute Gasteiger partial charge is 0.107 e. The largest absolute Gasteiger partial charge is 0.256 e. The molecule has 0 atom stereocenters. The second-order valence-corrected chi connectivity index (χ2v) is 12.8. The summed E-state index contributed by atoms with van der Waals surface area (Å²) in [5.41, 5.74) is 0. The van der Waals surface area contributed by atoms with E-state index in [4.69, 9.17) is 0 Å². The Labute approximate surface area is 119 Å². The van der Waals surface area contributed by atoms with Crippen molar-refractivity contribution >= 4 is 55.4 Å². The quantitative estimate of drug-likeness (QED) is 0.405. The fourth-order valence-corrected chi connectivity index (χ4v) is 6.77. The lowest BCUT2D eigenvalue weighted by molar-refractivity contribution is 0.450. The summed E-state index contributed by atoms with van der Waals surface area (Å²) in [4.78, 5) is -5.97. The van der Waals surface area contributed by atoms with Gasteiger partial charge in [0.15, 0.2) is 0 Å². The van der Waals surface area contributed by atoms with E-state index in [9.17, 15) is 31.1 Å². The highest BCUT2D eigenvalue weighted by Gasteiger charge is 2.73. The van der Waals surface area contributed by atoms with Crippen molar-refractivity contribution in [1.82, 2.24) is 0 Å². The number of rotatable bonds is 2. The molecule has 0 heterocycles. The molecule has 0 saturated heterocycles. The van der Waals surface area contributed by atoms with E-state index >= 15 is 0 Å². The third-order valence-electron chi connectivity index (χ3n) is 1.73. The maximum Gasteiger partial charge on any atom is 0.256 e. The Bertz CT molecular complexity index is 562. The van der Waals surface area contributed by atoms with Crippen LogP contribution in [0.1, 0.15) is 0 Å². The van der Waals surface area contributed by atoms with Crippen molar-refractivity contribution in [2.75, 3.05) is 0 Å². The van der Waals surface area contributed by atoms with E-state index in [0.717, 1.165) is 0 Å². The first kappa shape index (κ1) is 17.5. The molecule has 0 nitrogen and oxygen atoms in total. The summed E-state index contributed by atoms with van der Waals surface area (Å²) >= 11 is 2.07. The Morgan fingerprint density at radius 3 is 1.47 bits per heavy atom. The molecule has 0 amide bonds. The maximum absolute atomic E-state index is 13.0. The van der Waals surface area contributed by atoms with Crippen molar-refractivity contribution in [1.29, 1.82) is 0 Å². The predicted octanol–water partition coefficient (Wildman–Crippen LogP) is 8.30. The van der Waals surface area contributed by atoms with Gasteiger partial charge >= 0.3 is 0 Å². The predicted molar refractivity (Wildman–Crippen MR) is 66.4 cm³/mol. The van der Waals surface area contributed by atoms with Gasteiger partial charge in [0.05, 0.1) is 0 Å². The van der Waals surface area contributed by atoms with Crippen molar-refractivity contribution in [3.63, 3.8) is 0 Å². The molecular formula is C6H3BrCl2F8S2. The van der Waals surface area contributed by atoms with Crippen molar-refractivity contribution < 1.29 is 31.1 Å². The van der Waals surface area contributed by atoms with Crippen LogP contribution in [0.25, 0.3) is 0 Å². The van der Waals surface area contributed by atoms with Gasteiger partial charge in [-0.2, -0.15) is 0 Å². The third-order valence-corrected chi connectivity index (χ3v) is 6.13. The molecule has 0 bridgehead atoms. The molecule has 0 aliphatic rings. The normalized spacial score (nSPS) is 21.0. The van der Waals surface area contributed by atoms with Gasteiger partial charge in [-0.15, -0.1) is 31.1 Å². The summed E-state index contributed by atoms with van der Waals surface area (Å²) in [6.07, 6.45) is 0. The minimum absolute atomic E-state index is 0.324. The molecule has 0 aliphatic carbocycles. The number of hydrogen-bond acceptors (Lipinski definition) is 0. The Kier molecular flexibility index (Phi) is 2.86. The molecular weight excluding hydrogens is 439 g/mol. The molecule has 1 rings (SSSR count). The van der Waals surface area contributed by atoms with E-state index in [-0.39, 0.29) is 6.07 Å². The first-order valence-electron chi connectivity index (χ1n) is 3.88. The van der Waals surface area contributed by atoms with Crippen LogP contribution >= 0.6 is 55.4 Å². The highest BCUT2D eigenvalue weighted by Crippen LogP contribution is 3.11. The summed E-state index contributed by atoms with van der Waals surface area (Å²) in [5.74, 6) is 0. The Balaban J connectivity index is 4.04. The van der Waals surface area contributed by atoms with Gasteiger partial charge in [-0.3, -0.25) is 0 Å². The van der Waals surface area contributed by atoms with Crippen molar-refractivity contribution in [3.05, 3.63) is 22.7 Å². The van der Waals surface area contributed by atoms with Gasteiger partial charge in [-0.25, -0.2) is 0 Å². The molecule has 19 heavy (non-hydrogen) atoms. The van der Waals surface area contributed by atoms with Crippen LogP contribution in [0.4, 0.5) is 31.1 Å². The van der Waals surface area contributed by atoms with Crippen LogP contribution in [0.5, 0.6) is 0 Å². The molecule has 0 unspecified atom stereocenters. The Morgan fingerprint density at radius 2 is 1.21 bits per heavy atom. The zero-order valence-electron chi connectivity index (χ0n) is 8.21. The lowest BCUT2D eigenvalue weighted by Crippen LogP contribution is -2.15. The first-order chi connectivity index (χ1) is 7.61. The summed E-state index contributed by atoms with van der Waals surface area (Å²) in [6.45, 7) is 0. The zero-order valence-corrected chi connectivity index (χ0v) is 12.9.